The molecule has 1 rings (SSSR count). The summed E-state index contributed by atoms with van der Waals surface area (Å²) >= 11 is 0. The summed E-state index contributed by atoms with van der Waals surface area (Å²) in [5.74, 6) is -2.14. The van der Waals surface area contributed by atoms with Crippen LogP contribution in [0.1, 0.15) is 42.6 Å². The third-order valence-corrected chi connectivity index (χ3v) is 2.79. The number of halogens is 4. The Balaban J connectivity index is 2.73. The van der Waals surface area contributed by atoms with Gasteiger partial charge in [0.2, 0.25) is 0 Å². The Hall–Kier alpha value is -1.59. The van der Waals surface area contributed by atoms with Gasteiger partial charge in [0, 0.05) is 0 Å². The van der Waals surface area contributed by atoms with E-state index in [0.29, 0.717) is 12.1 Å². The number of benzene rings is 1. The third kappa shape index (κ3) is 4.51. The molecule has 0 saturated carbocycles. The molecule has 0 aromatic heterocycles. The van der Waals surface area contributed by atoms with E-state index in [4.69, 9.17) is 4.74 Å². The largest absolute Gasteiger partial charge is 0.462 e. The minimum absolute atomic E-state index is 0.156. The summed E-state index contributed by atoms with van der Waals surface area (Å²) in [5, 5.41) is 0. The standard InChI is InChI=1S/C14H16F4O2/c1-3-4-9(2)8-20-13(19)10-5-6-11(12(15)7-10)14(16,17)18/h5-7,9H,3-4,8H2,1-2H3. The van der Waals surface area contributed by atoms with E-state index in [2.05, 4.69) is 0 Å². The van der Waals surface area contributed by atoms with E-state index in [1.165, 1.54) is 0 Å². The minimum Gasteiger partial charge on any atom is -0.462 e. The predicted octanol–water partition coefficient (Wildman–Crippen LogP) is 4.44. The number of carbonyl (C=O) groups is 1. The Morgan fingerprint density at radius 2 is 2.00 bits per heavy atom. The Morgan fingerprint density at radius 1 is 1.35 bits per heavy atom. The first kappa shape index (κ1) is 16.5. The van der Waals surface area contributed by atoms with Gasteiger partial charge in [-0.2, -0.15) is 13.2 Å². The molecular formula is C14H16F4O2. The lowest BCUT2D eigenvalue weighted by molar-refractivity contribution is -0.140. The zero-order valence-corrected chi connectivity index (χ0v) is 11.3. The molecule has 0 radical (unpaired) electrons. The van der Waals surface area contributed by atoms with Gasteiger partial charge in [0.05, 0.1) is 17.7 Å². The van der Waals surface area contributed by atoms with Crippen LogP contribution in [0.25, 0.3) is 0 Å². The number of carbonyl (C=O) groups excluding carboxylic acids is 1. The van der Waals surface area contributed by atoms with Crippen molar-refractivity contribution >= 4 is 5.97 Å². The molecule has 0 fully saturated rings. The van der Waals surface area contributed by atoms with Crippen LogP contribution in [0.4, 0.5) is 17.6 Å². The van der Waals surface area contributed by atoms with E-state index in [0.717, 1.165) is 18.9 Å². The molecule has 0 heterocycles. The van der Waals surface area contributed by atoms with E-state index in [-0.39, 0.29) is 18.1 Å². The van der Waals surface area contributed by atoms with Gasteiger partial charge in [-0.05, 0) is 30.5 Å². The van der Waals surface area contributed by atoms with Crippen molar-refractivity contribution in [3.63, 3.8) is 0 Å². The minimum atomic E-state index is -4.78. The quantitative estimate of drug-likeness (QED) is 0.592. The van der Waals surface area contributed by atoms with Gasteiger partial charge in [-0.3, -0.25) is 0 Å². The highest BCUT2D eigenvalue weighted by Gasteiger charge is 2.34. The monoisotopic (exact) mass is 292 g/mol. The first-order valence-corrected chi connectivity index (χ1v) is 6.29. The lowest BCUT2D eigenvalue weighted by atomic mass is 10.1. The van der Waals surface area contributed by atoms with Gasteiger partial charge in [-0.1, -0.05) is 20.3 Å². The number of hydrogen-bond acceptors (Lipinski definition) is 2. The first-order valence-electron chi connectivity index (χ1n) is 6.29. The van der Waals surface area contributed by atoms with E-state index in [1.807, 2.05) is 13.8 Å². The summed E-state index contributed by atoms with van der Waals surface area (Å²) in [4.78, 5) is 11.6. The maximum absolute atomic E-state index is 13.3. The number of esters is 1. The summed E-state index contributed by atoms with van der Waals surface area (Å²) in [6.45, 7) is 4.04. The van der Waals surface area contributed by atoms with Crippen molar-refractivity contribution < 1.29 is 27.1 Å². The Kier molecular flexibility index (Phi) is 5.53. The fourth-order valence-electron chi connectivity index (χ4n) is 1.75. The number of ether oxygens (including phenoxy) is 1. The smallest absolute Gasteiger partial charge is 0.419 e. The van der Waals surface area contributed by atoms with Crippen molar-refractivity contribution in [1.82, 2.24) is 0 Å². The molecule has 0 N–H and O–H groups in total. The Labute approximate surface area is 114 Å². The molecule has 1 aromatic rings. The van der Waals surface area contributed by atoms with Crippen molar-refractivity contribution in [2.45, 2.75) is 32.9 Å². The van der Waals surface area contributed by atoms with Gasteiger partial charge in [-0.25, -0.2) is 9.18 Å². The van der Waals surface area contributed by atoms with Crippen molar-refractivity contribution in [2.75, 3.05) is 6.61 Å². The SMILES string of the molecule is CCCC(C)COC(=O)c1ccc(C(F)(F)F)c(F)c1. The molecule has 2 nitrogen and oxygen atoms in total. The summed E-state index contributed by atoms with van der Waals surface area (Å²) < 4.78 is 55.3. The molecule has 20 heavy (non-hydrogen) atoms. The molecule has 1 aromatic carbocycles. The lowest BCUT2D eigenvalue weighted by Crippen LogP contribution is -2.14. The average Bonchev–Trinajstić information content (AvgIpc) is 2.34. The van der Waals surface area contributed by atoms with Gasteiger partial charge >= 0.3 is 12.1 Å². The molecular weight excluding hydrogens is 276 g/mol. The van der Waals surface area contributed by atoms with Crippen molar-refractivity contribution in [2.24, 2.45) is 5.92 Å². The van der Waals surface area contributed by atoms with Crippen LogP contribution in [0.2, 0.25) is 0 Å². The second-order valence-electron chi connectivity index (χ2n) is 4.68. The van der Waals surface area contributed by atoms with Crippen LogP contribution in [0.3, 0.4) is 0 Å². The molecule has 1 atom stereocenters. The second-order valence-corrected chi connectivity index (χ2v) is 4.68. The summed E-state index contributed by atoms with van der Waals surface area (Å²) in [7, 11) is 0. The highest BCUT2D eigenvalue weighted by atomic mass is 19.4. The molecule has 112 valence electrons. The van der Waals surface area contributed by atoms with E-state index >= 15 is 0 Å². The normalized spacial score (nSPS) is 13.1. The Morgan fingerprint density at radius 3 is 2.50 bits per heavy atom. The second kappa shape index (κ2) is 6.72. The predicted molar refractivity (Wildman–Crippen MR) is 65.8 cm³/mol. The van der Waals surface area contributed by atoms with Crippen LogP contribution in [0.15, 0.2) is 18.2 Å². The van der Waals surface area contributed by atoms with E-state index < -0.39 is 23.5 Å². The van der Waals surface area contributed by atoms with Crippen LogP contribution in [0.5, 0.6) is 0 Å². The highest BCUT2D eigenvalue weighted by Crippen LogP contribution is 2.31. The maximum atomic E-state index is 13.3. The first-order chi connectivity index (χ1) is 9.25. The molecule has 0 aliphatic heterocycles. The van der Waals surface area contributed by atoms with E-state index in [1.54, 1.807) is 0 Å². The third-order valence-electron chi connectivity index (χ3n) is 2.79. The summed E-state index contributed by atoms with van der Waals surface area (Å²) in [6, 6.07) is 2.01. The number of alkyl halides is 3. The van der Waals surface area contributed by atoms with Crippen LogP contribution in [-0.4, -0.2) is 12.6 Å². The number of rotatable bonds is 5. The summed E-state index contributed by atoms with van der Waals surface area (Å²) in [5.41, 5.74) is -1.62. The van der Waals surface area contributed by atoms with Crippen molar-refractivity contribution in [1.29, 1.82) is 0 Å². The van der Waals surface area contributed by atoms with Gasteiger partial charge in [0.1, 0.15) is 5.82 Å². The zero-order valence-electron chi connectivity index (χ0n) is 11.3. The topological polar surface area (TPSA) is 26.3 Å². The summed E-state index contributed by atoms with van der Waals surface area (Å²) in [6.07, 6.45) is -2.97. The van der Waals surface area contributed by atoms with Crippen molar-refractivity contribution in [3.05, 3.63) is 35.1 Å². The lowest BCUT2D eigenvalue weighted by Gasteiger charge is -2.12. The maximum Gasteiger partial charge on any atom is 0.419 e. The average molecular weight is 292 g/mol. The van der Waals surface area contributed by atoms with Gasteiger partial charge < -0.3 is 4.74 Å². The van der Waals surface area contributed by atoms with E-state index in [9.17, 15) is 22.4 Å². The molecule has 0 bridgehead atoms. The molecule has 0 saturated heterocycles. The molecule has 6 heteroatoms. The molecule has 0 aliphatic rings. The molecule has 0 aliphatic carbocycles. The van der Waals surface area contributed by atoms with Gasteiger partial charge in [0.25, 0.3) is 0 Å². The van der Waals surface area contributed by atoms with Crippen LogP contribution in [0, 0.1) is 11.7 Å². The van der Waals surface area contributed by atoms with Crippen LogP contribution >= 0.6 is 0 Å². The zero-order chi connectivity index (χ0) is 15.3. The van der Waals surface area contributed by atoms with Gasteiger partial charge in [0.15, 0.2) is 0 Å². The molecule has 1 unspecified atom stereocenters. The molecule has 0 spiro atoms. The number of hydrogen-bond donors (Lipinski definition) is 0. The van der Waals surface area contributed by atoms with Crippen LogP contribution < -0.4 is 0 Å². The molecule has 0 amide bonds. The van der Waals surface area contributed by atoms with Gasteiger partial charge in [-0.15, -0.1) is 0 Å². The Bertz CT molecular complexity index is 469. The fourth-order valence-corrected chi connectivity index (χ4v) is 1.75. The fraction of sp³-hybridized carbons (Fsp3) is 0.500. The van der Waals surface area contributed by atoms with Crippen LogP contribution in [-0.2, 0) is 10.9 Å². The highest BCUT2D eigenvalue weighted by molar-refractivity contribution is 5.89. The van der Waals surface area contributed by atoms with Crippen molar-refractivity contribution in [3.8, 4) is 0 Å².